The van der Waals surface area contributed by atoms with Crippen molar-refractivity contribution in [3.05, 3.63) is 118 Å². The molecule has 0 bridgehead atoms. The molecule has 0 aliphatic carbocycles. The summed E-state index contributed by atoms with van der Waals surface area (Å²) in [7, 11) is 0. The molecule has 0 N–H and O–H groups in total. The standard InChI is InChI=1S/C33H32ClN3O2/c1-3-5-10-20-36(32(38)25-19-18-23-12-6-7-13-24(23)21-25)30(4-2)31-35-29-17-9-8-16-28(29)33(39)37(31)27-15-11-14-26(34)22-27/h6-9,11-19,21-22,30H,3-5,10,20H2,1-2H3. The molecule has 5 aromatic rings. The average Bonchev–Trinajstić information content (AvgIpc) is 2.96. The lowest BCUT2D eigenvalue weighted by Crippen LogP contribution is -2.39. The fourth-order valence-electron chi connectivity index (χ4n) is 5.20. The molecule has 39 heavy (non-hydrogen) atoms. The SMILES string of the molecule is CCCCCN(C(=O)c1ccc2ccccc2c1)C(CC)c1nc2ccccc2c(=O)n1-c1cccc(Cl)c1. The zero-order valence-corrected chi connectivity index (χ0v) is 23.1. The first-order valence-electron chi connectivity index (χ1n) is 13.6. The van der Waals surface area contributed by atoms with Gasteiger partial charge in [0.15, 0.2) is 0 Å². The molecule has 0 aliphatic heterocycles. The molecule has 0 spiro atoms. The van der Waals surface area contributed by atoms with Crippen molar-refractivity contribution in [1.82, 2.24) is 14.5 Å². The number of amides is 1. The number of nitrogens with zero attached hydrogens (tertiary/aromatic N) is 3. The van der Waals surface area contributed by atoms with Gasteiger partial charge >= 0.3 is 0 Å². The maximum Gasteiger partial charge on any atom is 0.266 e. The Kier molecular flexibility index (Phi) is 8.08. The van der Waals surface area contributed by atoms with Gasteiger partial charge in [0.05, 0.1) is 22.6 Å². The van der Waals surface area contributed by atoms with E-state index in [4.69, 9.17) is 16.6 Å². The Morgan fingerprint density at radius 3 is 2.44 bits per heavy atom. The van der Waals surface area contributed by atoms with Crippen molar-refractivity contribution in [2.45, 2.75) is 45.6 Å². The third kappa shape index (κ3) is 5.45. The number of unbranched alkanes of at least 4 members (excludes halogenated alkanes) is 2. The first-order chi connectivity index (χ1) is 19.0. The second kappa shape index (κ2) is 11.8. The number of rotatable bonds is 9. The van der Waals surface area contributed by atoms with E-state index in [-0.39, 0.29) is 11.5 Å². The van der Waals surface area contributed by atoms with Crippen molar-refractivity contribution in [1.29, 1.82) is 0 Å². The zero-order chi connectivity index (χ0) is 27.4. The van der Waals surface area contributed by atoms with Crippen LogP contribution in [0.3, 0.4) is 0 Å². The average molecular weight is 538 g/mol. The van der Waals surface area contributed by atoms with E-state index in [2.05, 4.69) is 6.92 Å². The van der Waals surface area contributed by atoms with Gasteiger partial charge in [-0.2, -0.15) is 0 Å². The van der Waals surface area contributed by atoms with E-state index in [1.165, 1.54) is 0 Å². The molecule has 0 aliphatic rings. The Morgan fingerprint density at radius 1 is 0.897 bits per heavy atom. The van der Waals surface area contributed by atoms with Gasteiger partial charge in [0.2, 0.25) is 0 Å². The number of benzene rings is 4. The van der Waals surface area contributed by atoms with Crippen LogP contribution in [0.4, 0.5) is 0 Å². The van der Waals surface area contributed by atoms with E-state index in [0.717, 1.165) is 30.0 Å². The molecule has 0 radical (unpaired) electrons. The summed E-state index contributed by atoms with van der Waals surface area (Å²) in [5.74, 6) is 0.470. The lowest BCUT2D eigenvalue weighted by atomic mass is 10.0. The van der Waals surface area contributed by atoms with Gasteiger partial charge in [-0.15, -0.1) is 0 Å². The highest BCUT2D eigenvalue weighted by Gasteiger charge is 2.29. The first kappa shape index (κ1) is 26.6. The smallest absolute Gasteiger partial charge is 0.266 e. The van der Waals surface area contributed by atoms with E-state index in [0.29, 0.717) is 46.0 Å². The Hall–Kier alpha value is -3.96. The summed E-state index contributed by atoms with van der Waals surface area (Å²) in [5.41, 5.74) is 1.69. The summed E-state index contributed by atoms with van der Waals surface area (Å²) in [6, 6.07) is 28.0. The van der Waals surface area contributed by atoms with Gasteiger partial charge < -0.3 is 4.90 Å². The van der Waals surface area contributed by atoms with Gasteiger partial charge in [-0.3, -0.25) is 14.2 Å². The maximum absolute atomic E-state index is 14.2. The van der Waals surface area contributed by atoms with Crippen molar-refractivity contribution in [3.8, 4) is 5.69 Å². The van der Waals surface area contributed by atoms with Crippen molar-refractivity contribution in [2.24, 2.45) is 0 Å². The van der Waals surface area contributed by atoms with Gasteiger partial charge in [-0.05, 0) is 66.1 Å². The van der Waals surface area contributed by atoms with Crippen LogP contribution in [0.15, 0.2) is 95.8 Å². The summed E-state index contributed by atoms with van der Waals surface area (Å²) in [4.78, 5) is 35.0. The molecule has 1 aromatic heterocycles. The third-order valence-corrected chi connectivity index (χ3v) is 7.42. The lowest BCUT2D eigenvalue weighted by Gasteiger charge is -2.32. The topological polar surface area (TPSA) is 55.2 Å². The van der Waals surface area contributed by atoms with Crippen LogP contribution in [0.2, 0.25) is 5.02 Å². The molecule has 5 nitrogen and oxygen atoms in total. The fourth-order valence-corrected chi connectivity index (χ4v) is 5.38. The van der Waals surface area contributed by atoms with Crippen LogP contribution in [-0.4, -0.2) is 26.9 Å². The maximum atomic E-state index is 14.2. The number of fused-ring (bicyclic) bond motifs is 2. The zero-order valence-electron chi connectivity index (χ0n) is 22.3. The number of hydrogen-bond donors (Lipinski definition) is 0. The van der Waals surface area contributed by atoms with E-state index < -0.39 is 6.04 Å². The van der Waals surface area contributed by atoms with Crippen molar-refractivity contribution in [3.63, 3.8) is 0 Å². The van der Waals surface area contributed by atoms with Crippen LogP contribution in [0.5, 0.6) is 0 Å². The summed E-state index contributed by atoms with van der Waals surface area (Å²) >= 11 is 6.36. The van der Waals surface area contributed by atoms with Crippen LogP contribution >= 0.6 is 11.6 Å². The molecule has 0 saturated heterocycles. The highest BCUT2D eigenvalue weighted by Crippen LogP contribution is 2.29. The first-order valence-corrected chi connectivity index (χ1v) is 14.0. The summed E-state index contributed by atoms with van der Waals surface area (Å²) < 4.78 is 1.63. The fraction of sp³-hybridized carbons (Fsp3) is 0.242. The Bertz CT molecular complexity index is 1690. The minimum Gasteiger partial charge on any atom is -0.328 e. The van der Waals surface area contributed by atoms with E-state index in [1.54, 1.807) is 22.8 Å². The van der Waals surface area contributed by atoms with E-state index in [9.17, 15) is 9.59 Å². The number of halogens is 1. The molecule has 1 heterocycles. The van der Waals surface area contributed by atoms with E-state index >= 15 is 0 Å². The molecule has 0 fully saturated rings. The van der Waals surface area contributed by atoms with Gasteiger partial charge in [-0.1, -0.05) is 86.8 Å². The molecule has 4 aromatic carbocycles. The number of hydrogen-bond acceptors (Lipinski definition) is 3. The van der Waals surface area contributed by atoms with Crippen LogP contribution in [0, 0.1) is 0 Å². The van der Waals surface area contributed by atoms with Crippen LogP contribution < -0.4 is 5.56 Å². The minimum atomic E-state index is -0.419. The molecule has 5 rings (SSSR count). The second-order valence-corrected chi connectivity index (χ2v) is 10.2. The van der Waals surface area contributed by atoms with Gasteiger partial charge in [0.1, 0.15) is 5.82 Å². The largest absolute Gasteiger partial charge is 0.328 e. The quantitative estimate of drug-likeness (QED) is 0.179. The van der Waals surface area contributed by atoms with Gasteiger partial charge in [-0.25, -0.2) is 4.98 Å². The molecule has 6 heteroatoms. The molecule has 198 valence electrons. The molecule has 1 atom stereocenters. The Labute approximate surface area is 233 Å². The van der Waals surface area contributed by atoms with Crippen molar-refractivity contribution in [2.75, 3.05) is 6.54 Å². The molecule has 1 unspecified atom stereocenters. The summed E-state index contributed by atoms with van der Waals surface area (Å²) in [6.45, 7) is 4.75. The van der Waals surface area contributed by atoms with Gasteiger partial charge in [0.25, 0.3) is 11.5 Å². The Balaban J connectivity index is 1.69. The minimum absolute atomic E-state index is 0.0660. The highest BCUT2D eigenvalue weighted by atomic mass is 35.5. The lowest BCUT2D eigenvalue weighted by molar-refractivity contribution is 0.0655. The van der Waals surface area contributed by atoms with Crippen LogP contribution in [0.1, 0.15) is 61.8 Å². The van der Waals surface area contributed by atoms with Crippen molar-refractivity contribution >= 4 is 39.2 Å². The van der Waals surface area contributed by atoms with Crippen LogP contribution in [0.25, 0.3) is 27.4 Å². The normalized spacial score (nSPS) is 12.1. The predicted octanol–water partition coefficient (Wildman–Crippen LogP) is 7.98. The number of carbonyl (C=O) groups excluding carboxylic acids is 1. The third-order valence-electron chi connectivity index (χ3n) is 7.19. The second-order valence-electron chi connectivity index (χ2n) is 9.80. The molecule has 0 saturated carbocycles. The number of carbonyl (C=O) groups is 1. The van der Waals surface area contributed by atoms with Gasteiger partial charge in [0, 0.05) is 17.1 Å². The molecule has 1 amide bonds. The molecular formula is C33H32ClN3O2. The monoisotopic (exact) mass is 537 g/mol. The Morgan fingerprint density at radius 2 is 1.67 bits per heavy atom. The van der Waals surface area contributed by atoms with E-state index in [1.807, 2.05) is 84.6 Å². The number of aromatic nitrogens is 2. The van der Waals surface area contributed by atoms with Crippen molar-refractivity contribution < 1.29 is 4.79 Å². The number of para-hydroxylation sites is 1. The summed E-state index contributed by atoms with van der Waals surface area (Å²) in [5, 5.41) is 3.15. The molecular weight excluding hydrogens is 506 g/mol. The highest BCUT2D eigenvalue weighted by molar-refractivity contribution is 6.30. The van der Waals surface area contributed by atoms with Crippen LogP contribution in [-0.2, 0) is 0 Å². The summed E-state index contributed by atoms with van der Waals surface area (Å²) in [6.07, 6.45) is 3.50. The predicted molar refractivity (Wildman–Crippen MR) is 160 cm³/mol.